The number of ether oxygens (including phenoxy) is 2. The normalized spacial score (nSPS) is 11.0. The van der Waals surface area contributed by atoms with Crippen molar-refractivity contribution in [3.05, 3.63) is 63.6 Å². The van der Waals surface area contributed by atoms with Crippen LogP contribution in [0, 0.1) is 11.3 Å². The van der Waals surface area contributed by atoms with E-state index in [1.165, 1.54) is 6.08 Å². The van der Waals surface area contributed by atoms with Crippen molar-refractivity contribution in [3.8, 4) is 17.6 Å². The standard InChI is InChI=1S/C23H22Cl2N2O4/c1-15(2)27-23(29)17(14-26)12-16-5-8-19(9-6-16)31-22(28)4-3-11-30-21-10-7-18(24)13-20(21)25/h5-10,12-13,15H,3-4,11H2,1-2H3,(H,27,29)/b17-12+. The molecule has 0 heterocycles. The van der Waals surface area contributed by atoms with Gasteiger partial charge in [-0.15, -0.1) is 0 Å². The summed E-state index contributed by atoms with van der Waals surface area (Å²) >= 11 is 11.9. The topological polar surface area (TPSA) is 88.4 Å². The summed E-state index contributed by atoms with van der Waals surface area (Å²) in [6.07, 6.45) is 2.10. The molecule has 31 heavy (non-hydrogen) atoms. The number of nitriles is 1. The summed E-state index contributed by atoms with van der Waals surface area (Å²) in [5.74, 6) is 0.0362. The minimum absolute atomic E-state index is 0.000708. The van der Waals surface area contributed by atoms with Crippen molar-refractivity contribution in [2.24, 2.45) is 0 Å². The maximum Gasteiger partial charge on any atom is 0.311 e. The van der Waals surface area contributed by atoms with E-state index in [-0.39, 0.29) is 18.0 Å². The van der Waals surface area contributed by atoms with Gasteiger partial charge >= 0.3 is 5.97 Å². The first kappa shape index (κ1) is 24.3. The van der Waals surface area contributed by atoms with E-state index in [0.717, 1.165) is 0 Å². The van der Waals surface area contributed by atoms with Gasteiger partial charge in [-0.05, 0) is 62.2 Å². The Kier molecular flexibility index (Phi) is 9.39. The Morgan fingerprint density at radius 3 is 2.48 bits per heavy atom. The van der Waals surface area contributed by atoms with E-state index < -0.39 is 11.9 Å². The highest BCUT2D eigenvalue weighted by molar-refractivity contribution is 6.35. The van der Waals surface area contributed by atoms with E-state index in [9.17, 15) is 14.9 Å². The predicted molar refractivity (Wildman–Crippen MR) is 120 cm³/mol. The van der Waals surface area contributed by atoms with Gasteiger partial charge in [0.2, 0.25) is 0 Å². The largest absolute Gasteiger partial charge is 0.492 e. The van der Waals surface area contributed by atoms with E-state index in [2.05, 4.69) is 5.32 Å². The van der Waals surface area contributed by atoms with Gasteiger partial charge < -0.3 is 14.8 Å². The summed E-state index contributed by atoms with van der Waals surface area (Å²) in [6, 6.07) is 13.3. The first-order chi connectivity index (χ1) is 14.8. The molecule has 6 nitrogen and oxygen atoms in total. The Balaban J connectivity index is 1.82. The first-order valence-corrected chi connectivity index (χ1v) is 10.4. The Morgan fingerprint density at radius 1 is 1.16 bits per heavy atom. The SMILES string of the molecule is CC(C)NC(=O)/C(C#N)=C/c1ccc(OC(=O)CCCOc2ccc(Cl)cc2Cl)cc1. The predicted octanol–water partition coefficient (Wildman–Crippen LogP) is 5.19. The molecule has 0 atom stereocenters. The van der Waals surface area contributed by atoms with E-state index in [1.807, 2.05) is 19.9 Å². The number of nitrogens with one attached hydrogen (secondary N) is 1. The summed E-state index contributed by atoms with van der Waals surface area (Å²) < 4.78 is 10.8. The monoisotopic (exact) mass is 460 g/mol. The molecule has 0 spiro atoms. The second-order valence-electron chi connectivity index (χ2n) is 6.87. The van der Waals surface area contributed by atoms with Gasteiger partial charge in [-0.2, -0.15) is 5.26 Å². The lowest BCUT2D eigenvalue weighted by Gasteiger charge is -2.08. The number of hydrogen-bond acceptors (Lipinski definition) is 5. The fraction of sp³-hybridized carbons (Fsp3) is 0.261. The van der Waals surface area contributed by atoms with Crippen molar-refractivity contribution in [3.63, 3.8) is 0 Å². The first-order valence-electron chi connectivity index (χ1n) is 9.59. The molecule has 0 saturated heterocycles. The highest BCUT2D eigenvalue weighted by Gasteiger charge is 2.10. The third-order valence-electron chi connectivity index (χ3n) is 3.88. The zero-order chi connectivity index (χ0) is 22.8. The molecule has 0 fully saturated rings. The van der Waals surface area contributed by atoms with Crippen LogP contribution < -0.4 is 14.8 Å². The number of benzene rings is 2. The Bertz CT molecular complexity index is 996. The van der Waals surface area contributed by atoms with Crippen molar-refractivity contribution in [1.82, 2.24) is 5.32 Å². The number of halogens is 2. The second kappa shape index (κ2) is 12.0. The lowest BCUT2D eigenvalue weighted by atomic mass is 10.1. The molecule has 0 saturated carbocycles. The van der Waals surface area contributed by atoms with Gasteiger partial charge in [-0.3, -0.25) is 9.59 Å². The van der Waals surface area contributed by atoms with Crippen LogP contribution in [-0.2, 0) is 9.59 Å². The van der Waals surface area contributed by atoms with Gasteiger partial charge in [0, 0.05) is 17.5 Å². The van der Waals surface area contributed by atoms with Crippen LogP contribution in [0.1, 0.15) is 32.3 Å². The molecular weight excluding hydrogens is 439 g/mol. The molecule has 1 N–H and O–H groups in total. The van der Waals surface area contributed by atoms with Crippen LogP contribution in [0.15, 0.2) is 48.0 Å². The van der Waals surface area contributed by atoms with E-state index in [1.54, 1.807) is 42.5 Å². The Labute approximate surface area is 191 Å². The number of hydrogen-bond donors (Lipinski definition) is 1. The number of amides is 1. The maximum atomic E-state index is 12.0. The van der Waals surface area contributed by atoms with Gasteiger partial charge in [0.1, 0.15) is 23.1 Å². The molecule has 2 aromatic rings. The minimum atomic E-state index is -0.435. The van der Waals surface area contributed by atoms with Gasteiger partial charge in [-0.25, -0.2) is 0 Å². The lowest BCUT2D eigenvalue weighted by molar-refractivity contribution is -0.134. The molecule has 0 bridgehead atoms. The zero-order valence-corrected chi connectivity index (χ0v) is 18.7. The average molecular weight is 461 g/mol. The fourth-order valence-corrected chi connectivity index (χ4v) is 2.92. The molecule has 8 heteroatoms. The average Bonchev–Trinajstić information content (AvgIpc) is 2.71. The molecule has 2 aromatic carbocycles. The summed E-state index contributed by atoms with van der Waals surface area (Å²) in [6.45, 7) is 3.93. The van der Waals surface area contributed by atoms with Crippen LogP contribution >= 0.6 is 23.2 Å². The van der Waals surface area contributed by atoms with E-state index in [4.69, 9.17) is 32.7 Å². The Hall–Kier alpha value is -3.01. The molecule has 0 aromatic heterocycles. The van der Waals surface area contributed by atoms with Gasteiger partial charge in [0.15, 0.2) is 0 Å². The molecule has 2 rings (SSSR count). The molecule has 1 amide bonds. The molecule has 0 aliphatic heterocycles. The molecule has 0 aliphatic carbocycles. The third-order valence-corrected chi connectivity index (χ3v) is 4.41. The van der Waals surface area contributed by atoms with E-state index >= 15 is 0 Å². The molecule has 162 valence electrons. The van der Waals surface area contributed by atoms with Crippen LogP contribution in [0.2, 0.25) is 10.0 Å². The van der Waals surface area contributed by atoms with E-state index in [0.29, 0.717) is 40.1 Å². The Morgan fingerprint density at radius 2 is 1.87 bits per heavy atom. The minimum Gasteiger partial charge on any atom is -0.492 e. The van der Waals surface area contributed by atoms with Crippen molar-refractivity contribution < 1.29 is 19.1 Å². The maximum absolute atomic E-state index is 12.0. The van der Waals surface area contributed by atoms with Crippen LogP contribution in [-0.4, -0.2) is 24.5 Å². The molecule has 0 unspecified atom stereocenters. The quantitative estimate of drug-likeness (QED) is 0.183. The third kappa shape index (κ3) is 8.33. The number of rotatable bonds is 9. The summed E-state index contributed by atoms with van der Waals surface area (Å²) in [4.78, 5) is 24.0. The summed E-state index contributed by atoms with van der Waals surface area (Å²) in [5, 5.41) is 12.8. The van der Waals surface area contributed by atoms with Gasteiger partial charge in [0.25, 0.3) is 5.91 Å². The van der Waals surface area contributed by atoms with Crippen molar-refractivity contribution >= 4 is 41.2 Å². The molecule has 0 radical (unpaired) electrons. The second-order valence-corrected chi connectivity index (χ2v) is 7.71. The van der Waals surface area contributed by atoms with Crippen molar-refractivity contribution in [2.45, 2.75) is 32.7 Å². The van der Waals surface area contributed by atoms with Crippen LogP contribution in [0.25, 0.3) is 6.08 Å². The fourth-order valence-electron chi connectivity index (χ4n) is 2.46. The summed E-state index contributed by atoms with van der Waals surface area (Å²) in [7, 11) is 0. The number of carbonyl (C=O) groups excluding carboxylic acids is 2. The van der Waals surface area contributed by atoms with Crippen LogP contribution in [0.3, 0.4) is 0 Å². The van der Waals surface area contributed by atoms with Gasteiger partial charge in [0.05, 0.1) is 11.6 Å². The zero-order valence-electron chi connectivity index (χ0n) is 17.2. The smallest absolute Gasteiger partial charge is 0.311 e. The van der Waals surface area contributed by atoms with Gasteiger partial charge in [-0.1, -0.05) is 35.3 Å². The van der Waals surface area contributed by atoms with Crippen molar-refractivity contribution in [1.29, 1.82) is 5.26 Å². The highest BCUT2D eigenvalue weighted by Crippen LogP contribution is 2.27. The van der Waals surface area contributed by atoms with Crippen LogP contribution in [0.5, 0.6) is 11.5 Å². The number of esters is 1. The number of carbonyl (C=O) groups is 2. The number of nitrogens with zero attached hydrogens (tertiary/aromatic N) is 1. The highest BCUT2D eigenvalue weighted by atomic mass is 35.5. The van der Waals surface area contributed by atoms with Crippen LogP contribution in [0.4, 0.5) is 0 Å². The van der Waals surface area contributed by atoms with Crippen molar-refractivity contribution in [2.75, 3.05) is 6.61 Å². The lowest BCUT2D eigenvalue weighted by Crippen LogP contribution is -2.30. The molecule has 0 aliphatic rings. The summed E-state index contributed by atoms with van der Waals surface area (Å²) in [5.41, 5.74) is 0.641. The molecular formula is C23H22Cl2N2O4.